The first-order valence-corrected chi connectivity index (χ1v) is 7.05. The van der Waals surface area contributed by atoms with Gasteiger partial charge < -0.3 is 15.2 Å². The van der Waals surface area contributed by atoms with Gasteiger partial charge in [0.05, 0.1) is 0 Å². The van der Waals surface area contributed by atoms with Crippen LogP contribution in [0.5, 0.6) is 11.5 Å². The molecule has 1 saturated carbocycles. The van der Waals surface area contributed by atoms with Crippen LogP contribution in [-0.4, -0.2) is 17.1 Å². The van der Waals surface area contributed by atoms with E-state index in [2.05, 4.69) is 5.32 Å². The van der Waals surface area contributed by atoms with Crippen LogP contribution < -0.4 is 10.1 Å². The molecule has 21 heavy (non-hydrogen) atoms. The van der Waals surface area contributed by atoms with Crippen molar-refractivity contribution in [3.63, 3.8) is 0 Å². The smallest absolute Gasteiger partial charge is 0.326 e. The summed E-state index contributed by atoms with van der Waals surface area (Å²) >= 11 is 0. The summed E-state index contributed by atoms with van der Waals surface area (Å²) in [5.74, 6) is 0.880. The molecule has 0 bridgehead atoms. The number of carboxylic acid groups (broad SMARTS) is 1. The Morgan fingerprint density at radius 3 is 2.48 bits per heavy atom. The van der Waals surface area contributed by atoms with Crippen LogP contribution in [0, 0.1) is 5.92 Å². The summed E-state index contributed by atoms with van der Waals surface area (Å²) < 4.78 is 5.75. The number of nitrogens with one attached hydrogen (secondary N) is 1. The summed E-state index contributed by atoms with van der Waals surface area (Å²) in [6.45, 7) is 0. The van der Waals surface area contributed by atoms with Crippen LogP contribution in [0.25, 0.3) is 0 Å². The van der Waals surface area contributed by atoms with Crippen LogP contribution in [0.2, 0.25) is 0 Å². The van der Waals surface area contributed by atoms with Gasteiger partial charge in [-0.1, -0.05) is 24.3 Å². The van der Waals surface area contributed by atoms with Crippen LogP contribution in [0.1, 0.15) is 12.8 Å². The molecule has 108 valence electrons. The van der Waals surface area contributed by atoms with Gasteiger partial charge in [-0.2, -0.15) is 0 Å². The van der Waals surface area contributed by atoms with Crippen molar-refractivity contribution in [3.8, 4) is 11.5 Å². The molecule has 1 unspecified atom stereocenters. The van der Waals surface area contributed by atoms with Gasteiger partial charge in [0.2, 0.25) is 0 Å². The van der Waals surface area contributed by atoms with Crippen molar-refractivity contribution in [1.29, 1.82) is 0 Å². The minimum Gasteiger partial charge on any atom is -0.480 e. The van der Waals surface area contributed by atoms with E-state index in [0.29, 0.717) is 5.75 Å². The number of aliphatic carboxylic acids is 1. The lowest BCUT2D eigenvalue weighted by atomic mass is 10.1. The lowest BCUT2D eigenvalue weighted by Crippen LogP contribution is -2.31. The van der Waals surface area contributed by atoms with Crippen molar-refractivity contribution in [2.24, 2.45) is 5.92 Å². The third-order valence-corrected chi connectivity index (χ3v) is 3.49. The number of ether oxygens (including phenoxy) is 1. The molecule has 4 nitrogen and oxygen atoms in total. The zero-order valence-corrected chi connectivity index (χ0v) is 11.5. The van der Waals surface area contributed by atoms with E-state index in [1.165, 1.54) is 0 Å². The van der Waals surface area contributed by atoms with Gasteiger partial charge in [-0.15, -0.1) is 0 Å². The fourth-order valence-electron chi connectivity index (χ4n) is 2.26. The Bertz CT molecular complexity index is 623. The molecule has 2 aromatic carbocycles. The Hall–Kier alpha value is -2.49. The Morgan fingerprint density at radius 2 is 1.81 bits per heavy atom. The van der Waals surface area contributed by atoms with E-state index in [9.17, 15) is 9.90 Å². The highest BCUT2D eigenvalue weighted by molar-refractivity contribution is 5.78. The van der Waals surface area contributed by atoms with Crippen molar-refractivity contribution in [3.05, 3.63) is 54.6 Å². The van der Waals surface area contributed by atoms with Crippen LogP contribution in [0.15, 0.2) is 54.6 Å². The molecule has 0 spiro atoms. The molecule has 0 heterocycles. The summed E-state index contributed by atoms with van der Waals surface area (Å²) in [5.41, 5.74) is 0.766. The lowest BCUT2D eigenvalue weighted by Gasteiger charge is -2.15. The predicted octanol–water partition coefficient (Wildman–Crippen LogP) is 3.75. The summed E-state index contributed by atoms with van der Waals surface area (Å²) in [5, 5.41) is 12.3. The Balaban J connectivity index is 1.72. The van der Waals surface area contributed by atoms with E-state index < -0.39 is 12.0 Å². The highest BCUT2D eigenvalue weighted by atomic mass is 16.5. The van der Waals surface area contributed by atoms with Gasteiger partial charge in [0.25, 0.3) is 0 Å². The highest BCUT2D eigenvalue weighted by Gasteiger charge is 2.36. The standard InChI is InChI=1S/C17H17NO3/c19-17(20)16(12-9-10-12)18-13-5-4-8-15(11-13)21-14-6-2-1-3-7-14/h1-8,11-12,16,18H,9-10H2,(H,19,20). The number of para-hydroxylation sites is 1. The third kappa shape index (κ3) is 3.54. The molecule has 0 aromatic heterocycles. The number of rotatable bonds is 6. The molecule has 1 atom stereocenters. The summed E-state index contributed by atoms with van der Waals surface area (Å²) in [6.07, 6.45) is 1.95. The minimum absolute atomic E-state index is 0.237. The topological polar surface area (TPSA) is 58.6 Å². The van der Waals surface area contributed by atoms with Crippen molar-refractivity contribution in [1.82, 2.24) is 0 Å². The van der Waals surface area contributed by atoms with Gasteiger partial charge in [0, 0.05) is 11.8 Å². The molecule has 3 rings (SSSR count). The summed E-state index contributed by atoms with van der Waals surface area (Å²) in [6, 6.07) is 16.4. The van der Waals surface area contributed by atoms with Crippen molar-refractivity contribution >= 4 is 11.7 Å². The molecule has 2 aromatic rings. The van der Waals surface area contributed by atoms with Gasteiger partial charge in [-0.25, -0.2) is 4.79 Å². The average Bonchev–Trinajstić information content (AvgIpc) is 3.30. The minimum atomic E-state index is -0.799. The van der Waals surface area contributed by atoms with Gasteiger partial charge in [-0.05, 0) is 43.0 Å². The predicted molar refractivity (Wildman–Crippen MR) is 80.7 cm³/mol. The molecule has 1 aliphatic carbocycles. The van der Waals surface area contributed by atoms with Crippen LogP contribution >= 0.6 is 0 Å². The quantitative estimate of drug-likeness (QED) is 0.847. The van der Waals surface area contributed by atoms with Crippen LogP contribution in [0.4, 0.5) is 5.69 Å². The maximum absolute atomic E-state index is 11.3. The third-order valence-electron chi connectivity index (χ3n) is 3.49. The first-order valence-electron chi connectivity index (χ1n) is 7.05. The maximum Gasteiger partial charge on any atom is 0.326 e. The van der Waals surface area contributed by atoms with E-state index in [-0.39, 0.29) is 5.92 Å². The second-order valence-corrected chi connectivity index (χ2v) is 5.24. The number of hydrogen-bond donors (Lipinski definition) is 2. The van der Waals surface area contributed by atoms with Gasteiger partial charge in [0.1, 0.15) is 17.5 Å². The number of carboxylic acids is 1. The average molecular weight is 283 g/mol. The van der Waals surface area contributed by atoms with E-state index in [1.54, 1.807) is 0 Å². The van der Waals surface area contributed by atoms with Gasteiger partial charge >= 0.3 is 5.97 Å². The van der Waals surface area contributed by atoms with Gasteiger partial charge in [-0.3, -0.25) is 0 Å². The lowest BCUT2D eigenvalue weighted by molar-refractivity contribution is -0.138. The normalized spacial score (nSPS) is 15.2. The van der Waals surface area contributed by atoms with Crippen molar-refractivity contribution < 1.29 is 14.6 Å². The maximum atomic E-state index is 11.3. The molecule has 0 radical (unpaired) electrons. The van der Waals surface area contributed by atoms with E-state index in [1.807, 2.05) is 54.6 Å². The van der Waals surface area contributed by atoms with E-state index >= 15 is 0 Å². The fraction of sp³-hybridized carbons (Fsp3) is 0.235. The molecule has 0 saturated heterocycles. The molecule has 2 N–H and O–H groups in total. The number of anilines is 1. The molecule has 1 fully saturated rings. The second kappa shape index (κ2) is 5.87. The monoisotopic (exact) mass is 283 g/mol. The fourth-order valence-corrected chi connectivity index (χ4v) is 2.26. The SMILES string of the molecule is O=C(O)C(Nc1cccc(Oc2ccccc2)c1)C1CC1. The van der Waals surface area contributed by atoms with E-state index in [4.69, 9.17) is 4.74 Å². The van der Waals surface area contributed by atoms with E-state index in [0.717, 1.165) is 24.3 Å². The molecular weight excluding hydrogens is 266 g/mol. The second-order valence-electron chi connectivity index (χ2n) is 5.24. The van der Waals surface area contributed by atoms with Crippen molar-refractivity contribution in [2.45, 2.75) is 18.9 Å². The first-order chi connectivity index (χ1) is 10.2. The summed E-state index contributed by atoms with van der Waals surface area (Å²) in [4.78, 5) is 11.3. The van der Waals surface area contributed by atoms with Crippen molar-refractivity contribution in [2.75, 3.05) is 5.32 Å². The number of hydrogen-bond acceptors (Lipinski definition) is 3. The first kappa shape index (κ1) is 13.5. The molecule has 0 amide bonds. The molecule has 4 heteroatoms. The Morgan fingerprint density at radius 1 is 1.10 bits per heavy atom. The van der Waals surface area contributed by atoms with Crippen LogP contribution in [0.3, 0.4) is 0 Å². The highest BCUT2D eigenvalue weighted by Crippen LogP contribution is 2.35. The largest absolute Gasteiger partial charge is 0.480 e. The Kier molecular flexibility index (Phi) is 3.77. The molecule has 0 aliphatic heterocycles. The van der Waals surface area contributed by atoms with Crippen LogP contribution in [-0.2, 0) is 4.79 Å². The number of carbonyl (C=O) groups is 1. The number of benzene rings is 2. The molecular formula is C17H17NO3. The summed E-state index contributed by atoms with van der Waals surface area (Å²) in [7, 11) is 0. The molecule has 1 aliphatic rings. The Labute approximate surface area is 123 Å². The zero-order valence-electron chi connectivity index (χ0n) is 11.5. The van der Waals surface area contributed by atoms with Gasteiger partial charge in [0.15, 0.2) is 0 Å². The zero-order chi connectivity index (χ0) is 14.7.